The minimum Gasteiger partial charge on any atom is -0.394 e. The van der Waals surface area contributed by atoms with E-state index in [1.807, 2.05) is 37.3 Å². The largest absolute Gasteiger partial charge is 0.394 e. The zero-order valence-corrected chi connectivity index (χ0v) is 11.3. The summed E-state index contributed by atoms with van der Waals surface area (Å²) in [7, 11) is 0. The van der Waals surface area contributed by atoms with Gasteiger partial charge in [0.05, 0.1) is 12.1 Å². The molecule has 0 radical (unpaired) electrons. The molecule has 2 rings (SSSR count). The molecule has 1 aromatic rings. The van der Waals surface area contributed by atoms with E-state index in [1.165, 1.54) is 4.90 Å². The second kappa shape index (κ2) is 5.13. The van der Waals surface area contributed by atoms with E-state index in [1.54, 1.807) is 6.92 Å². The van der Waals surface area contributed by atoms with Gasteiger partial charge >= 0.3 is 0 Å². The van der Waals surface area contributed by atoms with Crippen LogP contribution in [0.15, 0.2) is 30.3 Å². The molecule has 1 N–H and O–H groups in total. The number of benzene rings is 1. The van der Waals surface area contributed by atoms with Crippen LogP contribution in [0.5, 0.6) is 0 Å². The van der Waals surface area contributed by atoms with Gasteiger partial charge in [-0.2, -0.15) is 0 Å². The third-order valence-corrected chi connectivity index (χ3v) is 3.74. The summed E-state index contributed by atoms with van der Waals surface area (Å²) in [6.07, 6.45) is 0.711. The van der Waals surface area contributed by atoms with Crippen LogP contribution < -0.4 is 0 Å². The molecule has 1 unspecified atom stereocenters. The van der Waals surface area contributed by atoms with Crippen LogP contribution in [0.2, 0.25) is 0 Å². The molecule has 0 spiro atoms. The lowest BCUT2D eigenvalue weighted by atomic mass is 9.86. The van der Waals surface area contributed by atoms with Crippen molar-refractivity contribution in [3.63, 3.8) is 0 Å². The molecule has 0 bridgehead atoms. The number of rotatable bonds is 3. The van der Waals surface area contributed by atoms with Gasteiger partial charge in [0.25, 0.3) is 0 Å². The van der Waals surface area contributed by atoms with Crippen molar-refractivity contribution in [3.05, 3.63) is 35.9 Å². The van der Waals surface area contributed by atoms with Gasteiger partial charge in [-0.15, -0.1) is 0 Å². The maximum atomic E-state index is 12.2. The number of hydrogen-bond acceptors (Lipinski definition) is 3. The minimum absolute atomic E-state index is 0.0787. The van der Waals surface area contributed by atoms with Gasteiger partial charge in [-0.05, 0) is 18.4 Å². The van der Waals surface area contributed by atoms with E-state index in [0.717, 1.165) is 5.56 Å². The summed E-state index contributed by atoms with van der Waals surface area (Å²) in [5, 5.41) is 9.75. The Kier molecular flexibility index (Phi) is 3.71. The van der Waals surface area contributed by atoms with Crippen molar-refractivity contribution in [3.8, 4) is 0 Å². The first-order chi connectivity index (χ1) is 8.99. The van der Waals surface area contributed by atoms with Gasteiger partial charge in [0, 0.05) is 12.8 Å². The van der Waals surface area contributed by atoms with Crippen LogP contribution in [-0.2, 0) is 15.1 Å². The van der Waals surface area contributed by atoms with Crippen LogP contribution in [-0.4, -0.2) is 28.4 Å². The van der Waals surface area contributed by atoms with Gasteiger partial charge in [0.2, 0.25) is 11.8 Å². The standard InChI is InChI=1S/C15H19NO3/c1-11-8-13(18)16(14(19)9-11)15(2,10-17)12-6-4-3-5-7-12/h3-7,11,17H,8-10H2,1-2H3. The molecule has 1 aliphatic rings. The summed E-state index contributed by atoms with van der Waals surface area (Å²) in [4.78, 5) is 25.6. The average Bonchev–Trinajstić information content (AvgIpc) is 2.38. The van der Waals surface area contributed by atoms with Crippen molar-refractivity contribution < 1.29 is 14.7 Å². The monoisotopic (exact) mass is 261 g/mol. The Bertz CT molecular complexity index is 467. The Labute approximate surface area is 113 Å². The molecule has 1 atom stereocenters. The van der Waals surface area contributed by atoms with E-state index in [4.69, 9.17) is 0 Å². The summed E-state index contributed by atoms with van der Waals surface area (Å²) in [5.74, 6) is -0.330. The molecule has 4 heteroatoms. The summed E-state index contributed by atoms with van der Waals surface area (Å²) in [6.45, 7) is 3.35. The van der Waals surface area contributed by atoms with Crippen molar-refractivity contribution in [1.82, 2.24) is 4.90 Å². The minimum atomic E-state index is -0.977. The Morgan fingerprint density at radius 3 is 2.21 bits per heavy atom. The van der Waals surface area contributed by atoms with Gasteiger partial charge in [-0.1, -0.05) is 37.3 Å². The molecule has 0 aliphatic carbocycles. The fourth-order valence-corrected chi connectivity index (χ4v) is 2.63. The fourth-order valence-electron chi connectivity index (χ4n) is 2.63. The summed E-state index contributed by atoms with van der Waals surface area (Å²) in [6, 6.07) is 9.20. The Balaban J connectivity index is 2.41. The molecular formula is C15H19NO3. The van der Waals surface area contributed by atoms with Crippen molar-refractivity contribution in [1.29, 1.82) is 0 Å². The molecule has 1 aliphatic heterocycles. The highest BCUT2D eigenvalue weighted by Crippen LogP contribution is 2.33. The lowest BCUT2D eigenvalue weighted by Crippen LogP contribution is -2.55. The van der Waals surface area contributed by atoms with Gasteiger partial charge < -0.3 is 5.11 Å². The molecule has 2 amide bonds. The van der Waals surface area contributed by atoms with Crippen LogP contribution in [0.4, 0.5) is 0 Å². The topological polar surface area (TPSA) is 57.6 Å². The number of aliphatic hydroxyl groups is 1. The lowest BCUT2D eigenvalue weighted by molar-refractivity contribution is -0.159. The number of carbonyl (C=O) groups excluding carboxylic acids is 2. The smallest absolute Gasteiger partial charge is 0.230 e. The molecule has 19 heavy (non-hydrogen) atoms. The van der Waals surface area contributed by atoms with E-state index in [-0.39, 0.29) is 24.3 Å². The van der Waals surface area contributed by atoms with Crippen LogP contribution in [0, 0.1) is 5.92 Å². The number of aliphatic hydroxyl groups excluding tert-OH is 1. The molecule has 0 aromatic heterocycles. The normalized spacial score (nSPS) is 20.5. The molecule has 1 saturated heterocycles. The van der Waals surface area contributed by atoms with Crippen LogP contribution in [0.25, 0.3) is 0 Å². The number of amides is 2. The second-order valence-electron chi connectivity index (χ2n) is 5.43. The Hall–Kier alpha value is -1.68. The van der Waals surface area contributed by atoms with E-state index >= 15 is 0 Å². The van der Waals surface area contributed by atoms with Crippen LogP contribution in [0.3, 0.4) is 0 Å². The van der Waals surface area contributed by atoms with Crippen molar-refractivity contribution in [2.45, 2.75) is 32.2 Å². The van der Waals surface area contributed by atoms with Crippen LogP contribution in [0.1, 0.15) is 32.3 Å². The van der Waals surface area contributed by atoms with Crippen molar-refractivity contribution in [2.75, 3.05) is 6.61 Å². The summed E-state index contributed by atoms with van der Waals surface area (Å²) >= 11 is 0. The van der Waals surface area contributed by atoms with E-state index in [0.29, 0.717) is 12.8 Å². The fraction of sp³-hybridized carbons (Fsp3) is 0.467. The first kappa shape index (κ1) is 13.7. The zero-order valence-electron chi connectivity index (χ0n) is 11.3. The van der Waals surface area contributed by atoms with Gasteiger partial charge in [-0.3, -0.25) is 14.5 Å². The third-order valence-electron chi connectivity index (χ3n) is 3.74. The van der Waals surface area contributed by atoms with Crippen molar-refractivity contribution >= 4 is 11.8 Å². The molecule has 102 valence electrons. The Morgan fingerprint density at radius 2 is 1.74 bits per heavy atom. The molecular weight excluding hydrogens is 242 g/mol. The molecule has 4 nitrogen and oxygen atoms in total. The highest BCUT2D eigenvalue weighted by atomic mass is 16.3. The Morgan fingerprint density at radius 1 is 1.21 bits per heavy atom. The predicted octanol–water partition coefficient (Wildman–Crippen LogP) is 1.68. The number of carbonyl (C=O) groups is 2. The van der Waals surface area contributed by atoms with Gasteiger partial charge in [0.15, 0.2) is 0 Å². The van der Waals surface area contributed by atoms with Crippen LogP contribution >= 0.6 is 0 Å². The first-order valence-corrected chi connectivity index (χ1v) is 6.51. The first-order valence-electron chi connectivity index (χ1n) is 6.51. The summed E-state index contributed by atoms with van der Waals surface area (Å²) in [5.41, 5.74) is -0.205. The number of piperidine rings is 1. The number of nitrogens with zero attached hydrogens (tertiary/aromatic N) is 1. The van der Waals surface area contributed by atoms with E-state index in [9.17, 15) is 14.7 Å². The highest BCUT2D eigenvalue weighted by molar-refractivity contribution is 5.98. The third kappa shape index (κ3) is 2.40. The number of hydrogen-bond donors (Lipinski definition) is 1. The molecule has 1 aromatic carbocycles. The number of imide groups is 1. The average molecular weight is 261 g/mol. The SMILES string of the molecule is CC1CC(=O)N(C(C)(CO)c2ccccc2)C(=O)C1. The predicted molar refractivity (Wildman–Crippen MR) is 71.1 cm³/mol. The lowest BCUT2D eigenvalue weighted by Gasteiger charge is -2.42. The highest BCUT2D eigenvalue weighted by Gasteiger charge is 2.43. The van der Waals surface area contributed by atoms with Crippen molar-refractivity contribution in [2.24, 2.45) is 5.92 Å². The van der Waals surface area contributed by atoms with E-state index in [2.05, 4.69) is 0 Å². The maximum absolute atomic E-state index is 12.2. The molecule has 1 heterocycles. The maximum Gasteiger partial charge on any atom is 0.230 e. The van der Waals surface area contributed by atoms with E-state index < -0.39 is 5.54 Å². The van der Waals surface area contributed by atoms with Gasteiger partial charge in [-0.25, -0.2) is 0 Å². The van der Waals surface area contributed by atoms with Gasteiger partial charge in [0.1, 0.15) is 0 Å². The zero-order chi connectivity index (χ0) is 14.0. The quantitative estimate of drug-likeness (QED) is 0.842. The molecule has 1 fully saturated rings. The summed E-state index contributed by atoms with van der Waals surface area (Å²) < 4.78 is 0. The molecule has 0 saturated carbocycles. The number of likely N-dealkylation sites (tertiary alicyclic amines) is 1. The second-order valence-corrected chi connectivity index (χ2v) is 5.43.